The first-order valence-electron chi connectivity index (χ1n) is 11.5. The standard InChI is InChI=1S/C22H25F2N7O5S/c23-22(24)18(33)13-3-1-2-4-14(13)21(22,34)8-7-15(32)30-37(35)29-9-12-5-6-16(36-12)31-11-28-17-19(25)26-10-27-20(17)31/h1-4,10-12,16,18,29,33-34H,5-9H2,(H,30,32)(H2,25,26,27). The average Bonchev–Trinajstić information content (AvgIpc) is 3.56. The minimum Gasteiger partial charge on any atom is -0.382 e. The maximum atomic E-state index is 14.7. The Morgan fingerprint density at radius 2 is 2.05 bits per heavy atom. The zero-order valence-electron chi connectivity index (χ0n) is 19.4. The van der Waals surface area contributed by atoms with Crippen molar-refractivity contribution in [2.75, 3.05) is 12.3 Å². The molecule has 2 aromatic heterocycles. The summed E-state index contributed by atoms with van der Waals surface area (Å²) in [5.41, 5.74) is 3.87. The topological polar surface area (TPSA) is 178 Å². The second kappa shape index (κ2) is 9.64. The SMILES string of the molecule is Nc1ncnc2c1ncn2C1CCC(CNS(=O)NC(=O)CCC2(O)c3ccccc3C(O)C2(F)F)O1. The van der Waals surface area contributed by atoms with Gasteiger partial charge in [-0.2, -0.15) is 8.78 Å². The molecule has 37 heavy (non-hydrogen) atoms. The highest BCUT2D eigenvalue weighted by Gasteiger charge is 2.64. The Kier molecular flexibility index (Phi) is 6.66. The summed E-state index contributed by atoms with van der Waals surface area (Å²) in [6.45, 7) is 0.148. The third kappa shape index (κ3) is 4.46. The monoisotopic (exact) mass is 537 g/mol. The molecule has 1 aromatic carbocycles. The fourth-order valence-electron chi connectivity index (χ4n) is 4.79. The van der Waals surface area contributed by atoms with E-state index in [1.165, 1.54) is 30.6 Å². The molecular weight excluding hydrogens is 512 g/mol. The van der Waals surface area contributed by atoms with Gasteiger partial charge in [-0.05, 0) is 30.4 Å². The van der Waals surface area contributed by atoms with Gasteiger partial charge in [-0.3, -0.25) is 14.1 Å². The number of nitrogens with two attached hydrogens (primary N) is 1. The lowest BCUT2D eigenvalue weighted by molar-refractivity contribution is -0.226. The molecule has 5 rings (SSSR count). The third-order valence-corrected chi connectivity index (χ3v) is 7.58. The molecule has 1 aliphatic heterocycles. The minimum absolute atomic E-state index is 0.0878. The van der Waals surface area contributed by atoms with E-state index in [0.717, 1.165) is 0 Å². The number of nitrogens with one attached hydrogen (secondary N) is 2. The lowest BCUT2D eigenvalue weighted by atomic mass is 9.88. The van der Waals surface area contributed by atoms with Crippen LogP contribution < -0.4 is 15.2 Å². The van der Waals surface area contributed by atoms with E-state index in [1.807, 2.05) is 0 Å². The number of aliphatic hydroxyl groups excluding tert-OH is 1. The number of fused-ring (bicyclic) bond motifs is 2. The normalized spacial score (nSPS) is 27.3. The predicted octanol–water partition coefficient (Wildman–Crippen LogP) is 0.721. The van der Waals surface area contributed by atoms with E-state index in [9.17, 15) is 28.0 Å². The van der Waals surface area contributed by atoms with Crippen LogP contribution in [0.4, 0.5) is 14.6 Å². The fourth-order valence-corrected chi connectivity index (χ4v) is 5.51. The van der Waals surface area contributed by atoms with E-state index in [0.29, 0.717) is 24.0 Å². The molecule has 1 amide bonds. The first kappa shape index (κ1) is 25.5. The number of carbonyl (C=O) groups excluding carboxylic acids is 1. The Balaban J connectivity index is 1.11. The summed E-state index contributed by atoms with van der Waals surface area (Å²) >= 11 is -2.01. The van der Waals surface area contributed by atoms with Gasteiger partial charge in [-0.1, -0.05) is 24.3 Å². The molecular formula is C22H25F2N7O5S. The Bertz CT molecular complexity index is 1360. The zero-order valence-corrected chi connectivity index (χ0v) is 20.2. The van der Waals surface area contributed by atoms with Crippen molar-refractivity contribution in [2.45, 2.75) is 55.6 Å². The molecule has 0 saturated carbocycles. The molecule has 3 heterocycles. The highest BCUT2D eigenvalue weighted by Crippen LogP contribution is 2.56. The quantitative estimate of drug-likeness (QED) is 0.277. The number of alkyl halides is 2. The van der Waals surface area contributed by atoms with Crippen molar-refractivity contribution >= 4 is 34.1 Å². The van der Waals surface area contributed by atoms with E-state index < -0.39 is 47.5 Å². The van der Waals surface area contributed by atoms with E-state index >= 15 is 0 Å². The van der Waals surface area contributed by atoms with Crippen molar-refractivity contribution < 1.29 is 32.7 Å². The number of carbonyl (C=O) groups is 1. The van der Waals surface area contributed by atoms with Gasteiger partial charge in [0.25, 0.3) is 0 Å². The molecule has 3 aromatic rings. The Morgan fingerprint density at radius 1 is 1.27 bits per heavy atom. The van der Waals surface area contributed by atoms with E-state index in [4.69, 9.17) is 10.5 Å². The molecule has 12 nitrogen and oxygen atoms in total. The fraction of sp³-hybridized carbons (Fsp3) is 0.455. The van der Waals surface area contributed by atoms with Crippen LogP contribution in [-0.2, 0) is 26.3 Å². The number of ether oxygens (including phenoxy) is 1. The second-order valence-electron chi connectivity index (χ2n) is 8.99. The summed E-state index contributed by atoms with van der Waals surface area (Å²) in [5, 5.41) is 20.7. The zero-order chi connectivity index (χ0) is 26.4. The van der Waals surface area contributed by atoms with Crippen molar-refractivity contribution in [1.82, 2.24) is 29.0 Å². The summed E-state index contributed by atoms with van der Waals surface area (Å²) in [6, 6.07) is 5.54. The first-order chi connectivity index (χ1) is 17.6. The van der Waals surface area contributed by atoms with Crippen molar-refractivity contribution in [3.8, 4) is 0 Å². The van der Waals surface area contributed by atoms with Gasteiger partial charge >= 0.3 is 5.92 Å². The van der Waals surface area contributed by atoms with Crippen molar-refractivity contribution in [1.29, 1.82) is 0 Å². The molecule has 15 heteroatoms. The van der Waals surface area contributed by atoms with Gasteiger partial charge in [0.2, 0.25) is 5.91 Å². The van der Waals surface area contributed by atoms with Gasteiger partial charge in [0, 0.05) is 13.0 Å². The van der Waals surface area contributed by atoms with Crippen molar-refractivity contribution in [2.24, 2.45) is 0 Å². The molecule has 6 N–H and O–H groups in total. The van der Waals surface area contributed by atoms with Crippen molar-refractivity contribution in [3.05, 3.63) is 48.0 Å². The van der Waals surface area contributed by atoms with Gasteiger partial charge in [-0.25, -0.2) is 23.9 Å². The van der Waals surface area contributed by atoms with Crippen LogP contribution in [0.1, 0.15) is 49.1 Å². The molecule has 1 saturated heterocycles. The minimum atomic E-state index is -3.89. The molecule has 5 atom stereocenters. The first-order valence-corrected chi connectivity index (χ1v) is 12.7. The second-order valence-corrected chi connectivity index (χ2v) is 10.0. The van der Waals surface area contributed by atoms with Crippen LogP contribution in [0.25, 0.3) is 11.2 Å². The van der Waals surface area contributed by atoms with Crippen LogP contribution in [0, 0.1) is 0 Å². The summed E-state index contributed by atoms with van der Waals surface area (Å²) in [5.74, 6) is -4.43. The van der Waals surface area contributed by atoms with Crippen molar-refractivity contribution in [3.63, 3.8) is 0 Å². The van der Waals surface area contributed by atoms with Crippen LogP contribution in [0.15, 0.2) is 36.9 Å². The number of imidazole rings is 1. The number of hydrogen-bond donors (Lipinski definition) is 5. The molecule has 1 fully saturated rings. The summed E-state index contributed by atoms with van der Waals surface area (Å²) < 4.78 is 54.2. The van der Waals surface area contributed by atoms with Crippen LogP contribution in [-0.4, -0.2) is 58.4 Å². The van der Waals surface area contributed by atoms with E-state index in [-0.39, 0.29) is 35.8 Å². The number of amides is 1. The van der Waals surface area contributed by atoms with Crippen LogP contribution in [0.2, 0.25) is 0 Å². The predicted molar refractivity (Wildman–Crippen MR) is 127 cm³/mol. The van der Waals surface area contributed by atoms with E-state index in [1.54, 1.807) is 10.9 Å². The maximum absolute atomic E-state index is 14.7. The van der Waals surface area contributed by atoms with Crippen LogP contribution in [0.3, 0.4) is 0 Å². The van der Waals surface area contributed by atoms with Gasteiger partial charge in [0.15, 0.2) is 28.2 Å². The van der Waals surface area contributed by atoms with Crippen LogP contribution in [0.5, 0.6) is 0 Å². The molecule has 0 bridgehead atoms. The smallest absolute Gasteiger partial charge is 0.309 e. The molecule has 5 unspecified atom stereocenters. The Hall–Kier alpha value is -3.11. The number of halogens is 2. The summed E-state index contributed by atoms with van der Waals surface area (Å²) in [4.78, 5) is 24.6. The molecule has 198 valence electrons. The Morgan fingerprint density at radius 3 is 2.86 bits per heavy atom. The number of anilines is 1. The van der Waals surface area contributed by atoms with Crippen LogP contribution >= 0.6 is 0 Å². The highest BCUT2D eigenvalue weighted by molar-refractivity contribution is 7.81. The van der Waals surface area contributed by atoms with Gasteiger partial charge < -0.3 is 20.7 Å². The lowest BCUT2D eigenvalue weighted by Crippen LogP contribution is -2.45. The number of rotatable bonds is 8. The summed E-state index contributed by atoms with van der Waals surface area (Å²) in [6.07, 6.45) is 0.0934. The molecule has 0 radical (unpaired) electrons. The molecule has 0 spiro atoms. The number of nitrogen functional groups attached to an aromatic ring is 1. The molecule has 1 aliphatic carbocycles. The van der Waals surface area contributed by atoms with Gasteiger partial charge in [0.05, 0.1) is 12.4 Å². The molecule has 2 aliphatic rings. The maximum Gasteiger partial charge on any atom is 0.309 e. The number of nitrogens with zero attached hydrogens (tertiary/aromatic N) is 4. The largest absolute Gasteiger partial charge is 0.382 e. The number of aliphatic hydroxyl groups is 2. The average molecular weight is 538 g/mol. The number of benzene rings is 1. The summed E-state index contributed by atoms with van der Waals surface area (Å²) in [7, 11) is 0. The number of aromatic nitrogens is 4. The third-order valence-electron chi connectivity index (χ3n) is 6.74. The Labute approximate surface area is 212 Å². The van der Waals surface area contributed by atoms with Gasteiger partial charge in [-0.15, -0.1) is 0 Å². The number of hydrogen-bond acceptors (Lipinski definition) is 9. The van der Waals surface area contributed by atoms with Gasteiger partial charge in [0.1, 0.15) is 24.2 Å². The van der Waals surface area contributed by atoms with E-state index in [2.05, 4.69) is 24.4 Å². The highest BCUT2D eigenvalue weighted by atomic mass is 32.2. The lowest BCUT2D eigenvalue weighted by Gasteiger charge is -2.31.